The van der Waals surface area contributed by atoms with Crippen LogP contribution in [0, 0.1) is 25.5 Å². The van der Waals surface area contributed by atoms with Gasteiger partial charge in [0.1, 0.15) is 17.4 Å². The molecule has 0 fully saturated rings. The van der Waals surface area contributed by atoms with Crippen molar-refractivity contribution in [1.29, 1.82) is 0 Å². The number of rotatable bonds is 4. The van der Waals surface area contributed by atoms with Crippen molar-refractivity contribution in [1.82, 2.24) is 0 Å². The number of carbonyl (C=O) groups is 2. The van der Waals surface area contributed by atoms with Crippen LogP contribution in [0.4, 0.5) is 26.0 Å². The molecule has 0 radical (unpaired) electrons. The third kappa shape index (κ3) is 3.73. The maximum absolute atomic E-state index is 13.5. The van der Waals surface area contributed by atoms with Gasteiger partial charge in [-0.15, -0.1) is 0 Å². The first-order chi connectivity index (χ1) is 16.3. The summed E-state index contributed by atoms with van der Waals surface area (Å²) in [5.41, 5.74) is 3.89. The minimum atomic E-state index is -0.393. The SMILES string of the molecule is Cc1cc2c(cc1C)C(=O)C(=Cc1ccc(N(c3ccc(F)cc3)c3ccc(F)cc3)o1)C2=O. The first-order valence-electron chi connectivity index (χ1n) is 10.7. The number of hydrogen-bond acceptors (Lipinski definition) is 4. The molecule has 0 bridgehead atoms. The Morgan fingerprint density at radius 1 is 0.706 bits per heavy atom. The van der Waals surface area contributed by atoms with E-state index in [1.165, 1.54) is 30.3 Å². The van der Waals surface area contributed by atoms with Gasteiger partial charge in [-0.2, -0.15) is 0 Å². The van der Waals surface area contributed by atoms with Gasteiger partial charge < -0.3 is 4.42 Å². The van der Waals surface area contributed by atoms with Gasteiger partial charge in [0, 0.05) is 28.6 Å². The molecule has 0 atom stereocenters. The highest BCUT2D eigenvalue weighted by atomic mass is 19.1. The third-order valence-corrected chi connectivity index (χ3v) is 5.90. The molecule has 1 heterocycles. The monoisotopic (exact) mass is 455 g/mol. The third-order valence-electron chi connectivity index (χ3n) is 5.90. The molecule has 1 aliphatic rings. The van der Waals surface area contributed by atoms with E-state index in [1.807, 2.05) is 13.8 Å². The van der Waals surface area contributed by atoms with Crippen molar-refractivity contribution in [3.63, 3.8) is 0 Å². The van der Waals surface area contributed by atoms with E-state index in [4.69, 9.17) is 4.42 Å². The number of allylic oxidation sites excluding steroid dienone is 1. The summed E-state index contributed by atoms with van der Waals surface area (Å²) in [7, 11) is 0. The van der Waals surface area contributed by atoms with E-state index in [1.54, 1.807) is 53.4 Å². The van der Waals surface area contributed by atoms with Crippen molar-refractivity contribution in [3.8, 4) is 0 Å². The predicted molar refractivity (Wildman–Crippen MR) is 126 cm³/mol. The van der Waals surface area contributed by atoms with Crippen LogP contribution in [0.15, 0.2) is 82.8 Å². The summed E-state index contributed by atoms with van der Waals surface area (Å²) in [5.74, 6) is -0.800. The smallest absolute Gasteiger partial charge is 0.205 e. The average Bonchev–Trinajstić information content (AvgIpc) is 3.36. The lowest BCUT2D eigenvalue weighted by atomic mass is 10.0. The minimum Gasteiger partial charge on any atom is -0.440 e. The van der Waals surface area contributed by atoms with Crippen molar-refractivity contribution >= 4 is 34.9 Å². The molecule has 0 N–H and O–H groups in total. The molecule has 4 nitrogen and oxygen atoms in total. The maximum Gasteiger partial charge on any atom is 0.205 e. The van der Waals surface area contributed by atoms with Crippen LogP contribution in [0.3, 0.4) is 0 Å². The van der Waals surface area contributed by atoms with Crippen molar-refractivity contribution in [2.45, 2.75) is 13.8 Å². The molecule has 6 heteroatoms. The molecule has 1 aliphatic carbocycles. The fraction of sp³-hybridized carbons (Fsp3) is 0.0714. The largest absolute Gasteiger partial charge is 0.440 e. The fourth-order valence-corrected chi connectivity index (χ4v) is 3.98. The second-order valence-electron chi connectivity index (χ2n) is 8.16. The quantitative estimate of drug-likeness (QED) is 0.243. The number of hydrogen-bond donors (Lipinski definition) is 0. The summed E-state index contributed by atoms with van der Waals surface area (Å²) in [6.07, 6.45) is 1.44. The Labute approximate surface area is 194 Å². The predicted octanol–water partition coefficient (Wildman–Crippen LogP) is 7.11. The maximum atomic E-state index is 13.5. The zero-order chi connectivity index (χ0) is 24.0. The number of ketones is 2. The van der Waals surface area contributed by atoms with Gasteiger partial charge in [0.2, 0.25) is 5.88 Å². The second-order valence-corrected chi connectivity index (χ2v) is 8.16. The number of Topliss-reactive ketones (excluding diaryl/α,β-unsaturated/α-hetero) is 2. The van der Waals surface area contributed by atoms with Crippen molar-refractivity contribution in [2.24, 2.45) is 0 Å². The molecule has 1 aromatic heterocycles. The first-order valence-corrected chi connectivity index (χ1v) is 10.7. The summed E-state index contributed by atoms with van der Waals surface area (Å²) in [5, 5.41) is 0. The van der Waals surface area contributed by atoms with Crippen molar-refractivity contribution in [2.75, 3.05) is 4.90 Å². The standard InChI is InChI=1S/C28H19F2NO3/c1-16-13-23-24(14-17(16)2)28(33)25(27(23)32)15-22-11-12-26(34-22)31(20-7-3-18(29)4-8-20)21-9-5-19(30)6-10-21/h3-15H,1-2H3. The highest BCUT2D eigenvalue weighted by Gasteiger charge is 2.34. The van der Waals surface area contributed by atoms with Gasteiger partial charge in [-0.1, -0.05) is 0 Å². The topological polar surface area (TPSA) is 50.5 Å². The van der Waals surface area contributed by atoms with Crippen LogP contribution in [0.5, 0.6) is 0 Å². The van der Waals surface area contributed by atoms with Gasteiger partial charge in [0.15, 0.2) is 11.6 Å². The number of halogens is 2. The summed E-state index contributed by atoms with van der Waals surface area (Å²) in [4.78, 5) is 27.5. The van der Waals surface area contributed by atoms with Gasteiger partial charge in [-0.25, -0.2) is 8.78 Å². The molecule has 34 heavy (non-hydrogen) atoms. The molecule has 0 spiro atoms. The van der Waals surface area contributed by atoms with E-state index in [-0.39, 0.29) is 17.1 Å². The van der Waals surface area contributed by atoms with E-state index in [0.29, 0.717) is 34.1 Å². The van der Waals surface area contributed by atoms with Crippen LogP contribution in [-0.2, 0) is 0 Å². The van der Waals surface area contributed by atoms with Crippen molar-refractivity contribution in [3.05, 3.63) is 118 Å². The molecule has 0 saturated carbocycles. The van der Waals surface area contributed by atoms with Crippen LogP contribution >= 0.6 is 0 Å². The second kappa shape index (κ2) is 8.23. The Morgan fingerprint density at radius 2 is 1.18 bits per heavy atom. The number of furan rings is 1. The van der Waals surface area contributed by atoms with Crippen LogP contribution < -0.4 is 4.90 Å². The average molecular weight is 455 g/mol. The number of aryl methyl sites for hydroxylation is 2. The van der Waals surface area contributed by atoms with E-state index in [9.17, 15) is 18.4 Å². The van der Waals surface area contributed by atoms with Crippen molar-refractivity contribution < 1.29 is 22.8 Å². The lowest BCUT2D eigenvalue weighted by Gasteiger charge is -2.22. The number of anilines is 3. The molecule has 0 aliphatic heterocycles. The number of carbonyl (C=O) groups excluding carboxylic acids is 2. The van der Waals surface area contributed by atoms with Crippen LogP contribution in [-0.4, -0.2) is 11.6 Å². The highest BCUT2D eigenvalue weighted by Crippen LogP contribution is 2.37. The summed E-state index contributed by atoms with van der Waals surface area (Å²) in [6, 6.07) is 18.3. The lowest BCUT2D eigenvalue weighted by molar-refractivity contribution is 0.0990. The lowest BCUT2D eigenvalue weighted by Crippen LogP contribution is -2.09. The molecule has 0 amide bonds. The van der Waals surface area contributed by atoms with E-state index in [2.05, 4.69) is 0 Å². The van der Waals surface area contributed by atoms with Gasteiger partial charge in [0.25, 0.3) is 0 Å². The zero-order valence-electron chi connectivity index (χ0n) is 18.4. The number of fused-ring (bicyclic) bond motifs is 1. The molecule has 5 rings (SSSR count). The number of nitrogens with zero attached hydrogens (tertiary/aromatic N) is 1. The molecular weight excluding hydrogens is 436 g/mol. The fourth-order valence-electron chi connectivity index (χ4n) is 3.98. The first kappa shape index (κ1) is 21.5. The molecular formula is C28H19F2NO3. The Kier molecular flexibility index (Phi) is 5.21. The van der Waals surface area contributed by atoms with Gasteiger partial charge in [-0.05, 0) is 97.8 Å². The Hall–Kier alpha value is -4.32. The highest BCUT2D eigenvalue weighted by molar-refractivity contribution is 6.41. The van der Waals surface area contributed by atoms with Crippen LogP contribution in [0.1, 0.15) is 37.6 Å². The van der Waals surface area contributed by atoms with Crippen LogP contribution in [0.2, 0.25) is 0 Å². The van der Waals surface area contributed by atoms with E-state index >= 15 is 0 Å². The summed E-state index contributed by atoms with van der Waals surface area (Å²) in [6.45, 7) is 3.79. The van der Waals surface area contributed by atoms with Gasteiger partial charge >= 0.3 is 0 Å². The normalized spacial score (nSPS) is 12.8. The molecule has 0 unspecified atom stereocenters. The van der Waals surface area contributed by atoms with E-state index in [0.717, 1.165) is 11.1 Å². The molecule has 3 aromatic carbocycles. The van der Waals surface area contributed by atoms with Crippen LogP contribution in [0.25, 0.3) is 6.08 Å². The minimum absolute atomic E-state index is 0.0380. The molecule has 168 valence electrons. The Balaban J connectivity index is 1.54. The van der Waals surface area contributed by atoms with E-state index < -0.39 is 11.6 Å². The molecule has 4 aromatic rings. The van der Waals surface area contributed by atoms with Gasteiger partial charge in [-0.3, -0.25) is 14.5 Å². The number of benzene rings is 3. The molecule has 0 saturated heterocycles. The Bertz CT molecular complexity index is 1380. The summed E-state index contributed by atoms with van der Waals surface area (Å²) >= 11 is 0. The zero-order valence-corrected chi connectivity index (χ0v) is 18.4. The van der Waals surface area contributed by atoms with Gasteiger partial charge in [0.05, 0.1) is 5.57 Å². The summed E-state index contributed by atoms with van der Waals surface area (Å²) < 4.78 is 33.0. The Morgan fingerprint density at radius 3 is 1.65 bits per heavy atom.